The largest absolute Gasteiger partial charge is 0.508 e. The third-order valence-corrected chi connectivity index (χ3v) is 22.2. The number of carbonyl (C=O) groups excluding carboxylic acids is 3. The quantitative estimate of drug-likeness (QED) is 0.0355. The number of hydrogen-bond donors (Lipinski definition) is 11. The number of hydrogen-bond acceptors (Lipinski definition) is 13. The number of aliphatic imine (C=N–C) groups is 1. The second-order valence-corrected chi connectivity index (χ2v) is 26.7. The highest BCUT2D eigenvalue weighted by molar-refractivity contribution is 6.00. The Morgan fingerprint density at radius 2 is 1.70 bits per heavy atom. The molecule has 436 valence electrons. The van der Waals surface area contributed by atoms with Crippen LogP contribution in [0.25, 0.3) is 0 Å². The average Bonchev–Trinajstić information content (AvgIpc) is 4.22. The van der Waals surface area contributed by atoms with Gasteiger partial charge in [0.15, 0.2) is 17.5 Å². The molecule has 2 heterocycles. The van der Waals surface area contributed by atoms with Gasteiger partial charge < -0.3 is 62.3 Å². The Bertz CT molecular complexity index is 2760. The molecule has 0 unspecified atom stereocenters. The molecule has 0 radical (unpaired) electrons. The van der Waals surface area contributed by atoms with Crippen molar-refractivity contribution in [2.45, 2.75) is 166 Å². The number of aliphatic hydroxyl groups is 6. The van der Waals surface area contributed by atoms with E-state index in [-0.39, 0.29) is 129 Å². The Morgan fingerprint density at radius 1 is 0.925 bits per heavy atom. The van der Waals surface area contributed by atoms with Crippen molar-refractivity contribution in [2.24, 2.45) is 98.3 Å². The van der Waals surface area contributed by atoms with Crippen LogP contribution in [0.4, 0.5) is 0 Å². The number of phenols is 1. The van der Waals surface area contributed by atoms with Crippen molar-refractivity contribution in [3.8, 4) is 17.6 Å². The van der Waals surface area contributed by atoms with Crippen molar-refractivity contribution in [1.82, 2.24) is 10.3 Å². The molecular formula is C64H89N5O11. The number of aliphatic hydroxyl groups excluding tert-OH is 4. The van der Waals surface area contributed by atoms with Crippen molar-refractivity contribution >= 4 is 23.5 Å². The third kappa shape index (κ3) is 10.5. The molecular weight excluding hydrogens is 1010 g/mol. The fraction of sp³-hybridized carbons (Fsp3) is 0.688. The first-order chi connectivity index (χ1) is 38.1. The average molecular weight is 1100 g/mol. The zero-order valence-electron chi connectivity index (χ0n) is 47.4. The van der Waals surface area contributed by atoms with E-state index in [9.17, 15) is 45.3 Å². The van der Waals surface area contributed by atoms with Gasteiger partial charge in [-0.05, 0) is 185 Å². The molecule has 5 fully saturated rings. The lowest BCUT2D eigenvalue weighted by Crippen LogP contribution is -2.65. The molecule has 10 rings (SSSR count). The fourth-order valence-electron chi connectivity index (χ4n) is 18.2. The fourth-order valence-corrected chi connectivity index (χ4v) is 18.2. The van der Waals surface area contributed by atoms with E-state index >= 15 is 4.79 Å². The number of cyclic esters (lactones) is 1. The van der Waals surface area contributed by atoms with Gasteiger partial charge in [-0.3, -0.25) is 19.4 Å². The number of aromatic nitrogens is 1. The SMILES string of the molecule is C[C@@H]1CCC2=CC[C@@H]3[C@@H](C[C@H]([C@H]4COC(=O)[C@@H]4c4cc[nH]c4)C#C[C@@H](CCCO)[C@@H]4C[C@@]5(O)C6=C(NCC(=O)CCc7ccc(O)cc7)C(=O)[C@@H]7C[C@@H](O)[C@@H](O)C[C@]7(C)[C@H]6CC[C@]5(CCN=C(N)N)[C@H]4[C@@](C)(O)[C@H](O)C[C@H]3C)[C@@H]2C1. The van der Waals surface area contributed by atoms with Crippen LogP contribution in [0.15, 0.2) is 70.6 Å². The lowest BCUT2D eigenvalue weighted by molar-refractivity contribution is -0.191. The van der Waals surface area contributed by atoms with Crippen LogP contribution >= 0.6 is 0 Å². The summed E-state index contributed by atoms with van der Waals surface area (Å²) in [6.45, 7) is 8.02. The minimum absolute atomic E-state index is 0.0139. The van der Waals surface area contributed by atoms with Gasteiger partial charge in [0.25, 0.3) is 0 Å². The summed E-state index contributed by atoms with van der Waals surface area (Å²) in [4.78, 5) is 51.2. The Hall–Kier alpha value is -5.02. The van der Waals surface area contributed by atoms with E-state index in [1.165, 1.54) is 5.57 Å². The van der Waals surface area contributed by atoms with Crippen molar-refractivity contribution in [2.75, 3.05) is 26.3 Å². The number of rotatable bonds is 14. The van der Waals surface area contributed by atoms with Crippen molar-refractivity contribution < 1.29 is 54.9 Å². The number of allylic oxidation sites excluding steroid dienone is 3. The number of aromatic hydroxyl groups is 1. The first kappa shape index (κ1) is 58.2. The summed E-state index contributed by atoms with van der Waals surface area (Å²) in [6.07, 6.45) is 9.53. The molecule has 8 aliphatic rings. The van der Waals surface area contributed by atoms with E-state index in [4.69, 9.17) is 16.2 Å². The number of aromatic amines is 1. The molecule has 2 aromatic rings. The van der Waals surface area contributed by atoms with Crippen LogP contribution in [-0.2, 0) is 25.5 Å². The number of benzene rings is 1. The van der Waals surface area contributed by atoms with Gasteiger partial charge in [0.2, 0.25) is 0 Å². The summed E-state index contributed by atoms with van der Waals surface area (Å²) in [5, 5.41) is 88.4. The van der Waals surface area contributed by atoms with E-state index in [0.29, 0.717) is 55.9 Å². The minimum atomic E-state index is -1.93. The molecule has 0 spiro atoms. The molecule has 4 saturated carbocycles. The van der Waals surface area contributed by atoms with Crippen LogP contribution in [0, 0.1) is 93.7 Å². The zero-order chi connectivity index (χ0) is 57.1. The summed E-state index contributed by atoms with van der Waals surface area (Å²) in [7, 11) is 0. The van der Waals surface area contributed by atoms with E-state index in [2.05, 4.69) is 47.1 Å². The summed E-state index contributed by atoms with van der Waals surface area (Å²) < 4.78 is 5.99. The van der Waals surface area contributed by atoms with Gasteiger partial charge in [-0.2, -0.15) is 0 Å². The number of ether oxygens (including phenoxy) is 1. The molecule has 1 aromatic heterocycles. The van der Waals surface area contributed by atoms with Crippen LogP contribution in [0.1, 0.15) is 141 Å². The highest BCUT2D eigenvalue weighted by atomic mass is 16.5. The smallest absolute Gasteiger partial charge is 0.313 e. The maximum Gasteiger partial charge on any atom is 0.313 e. The summed E-state index contributed by atoms with van der Waals surface area (Å²) >= 11 is 0. The number of carbonyl (C=O) groups is 3. The van der Waals surface area contributed by atoms with Crippen molar-refractivity contribution in [3.05, 3.63) is 76.8 Å². The Labute approximate surface area is 471 Å². The Morgan fingerprint density at radius 3 is 2.42 bits per heavy atom. The van der Waals surface area contributed by atoms with Gasteiger partial charge in [-0.1, -0.05) is 56.4 Å². The predicted octanol–water partition coefficient (Wildman–Crippen LogP) is 5.72. The number of nitrogens with two attached hydrogens (primary N) is 2. The van der Waals surface area contributed by atoms with Crippen LogP contribution in [0.2, 0.25) is 0 Å². The molecule has 0 bridgehead atoms. The lowest BCUT2D eigenvalue weighted by Gasteiger charge is -2.62. The monoisotopic (exact) mass is 1100 g/mol. The number of aryl methyl sites for hydroxylation is 1. The molecule has 1 aliphatic heterocycles. The highest BCUT2D eigenvalue weighted by Crippen LogP contribution is 2.73. The van der Waals surface area contributed by atoms with Gasteiger partial charge in [0.1, 0.15) is 5.75 Å². The van der Waals surface area contributed by atoms with Gasteiger partial charge >= 0.3 is 5.97 Å². The van der Waals surface area contributed by atoms with Crippen LogP contribution < -0.4 is 16.8 Å². The zero-order valence-corrected chi connectivity index (χ0v) is 47.4. The number of fused-ring (bicyclic) bond motifs is 10. The molecule has 1 saturated heterocycles. The number of ketones is 2. The standard InChI is InChI=1S/C64H89N5O11/c1-35-7-11-39-14-18-44-36(2)27-53(75)62(4,78)58-47(38(6-5-25-70)12-13-40(28-46(44)45(39)26-35)48-34-80-59(77)54(48)41-20-23-67-32-41)30-64(79)55-49(19-21-63(58,64)22-24-68-60(65)66)61(3)31-52(74)51(73)29-50(61)57(76)56(55)69-33-43(72)17-10-37-8-15-42(71)16-9-37/h8-9,14-16,20,23,32,35-36,38,40,44-54,58,67,69-71,73-75,78-79H,5-7,10-11,17-19,21-22,24-31,33-34H2,1-4H3,(H4,65,66,68)/t35-,36-,38-,40-,44+,45-,46-,47+,48-,49+,50+,51-,52+,53-,54-,58-,61-,62+,63+,64-/m1/s1. The van der Waals surface area contributed by atoms with Crippen molar-refractivity contribution in [3.63, 3.8) is 0 Å². The second-order valence-electron chi connectivity index (χ2n) is 26.7. The Balaban J connectivity index is 1.15. The van der Waals surface area contributed by atoms with Gasteiger partial charge in [-0.25, -0.2) is 0 Å². The minimum Gasteiger partial charge on any atom is -0.508 e. The topological polar surface area (TPSA) is 294 Å². The third-order valence-electron chi connectivity index (χ3n) is 22.2. The molecule has 20 atom stereocenters. The van der Waals surface area contributed by atoms with Gasteiger partial charge in [0, 0.05) is 67.0 Å². The Kier molecular flexibility index (Phi) is 16.7. The normalized spacial score (nSPS) is 41.5. The molecule has 80 heavy (non-hydrogen) atoms. The molecule has 13 N–H and O–H groups in total. The lowest BCUT2D eigenvalue weighted by atomic mass is 9.44. The van der Waals surface area contributed by atoms with Crippen LogP contribution in [-0.4, -0.2) is 120 Å². The molecule has 7 aliphatic carbocycles. The maximum atomic E-state index is 15.6. The summed E-state index contributed by atoms with van der Waals surface area (Å²) in [5.74, 6) is 3.14. The summed E-state index contributed by atoms with van der Waals surface area (Å²) in [6, 6.07) is 8.57. The summed E-state index contributed by atoms with van der Waals surface area (Å²) in [5.41, 5.74) is 9.69. The number of nitrogens with one attached hydrogen (secondary N) is 2. The predicted molar refractivity (Wildman–Crippen MR) is 302 cm³/mol. The van der Waals surface area contributed by atoms with E-state index in [1.54, 1.807) is 31.2 Å². The van der Waals surface area contributed by atoms with Crippen LogP contribution in [0.3, 0.4) is 0 Å². The molecule has 1 aromatic carbocycles. The van der Waals surface area contributed by atoms with E-state index in [0.717, 1.165) is 36.8 Å². The number of H-pyrrole nitrogens is 1. The molecule has 16 heteroatoms. The molecule has 16 nitrogen and oxygen atoms in total. The number of esters is 1. The van der Waals surface area contributed by atoms with Gasteiger partial charge in [0.05, 0.1) is 54.3 Å². The number of nitrogens with zero attached hydrogens (tertiary/aromatic N) is 1. The van der Waals surface area contributed by atoms with E-state index < -0.39 is 75.9 Å². The maximum absolute atomic E-state index is 15.6. The van der Waals surface area contributed by atoms with Crippen LogP contribution in [0.5, 0.6) is 5.75 Å². The second kappa shape index (κ2) is 23.0. The first-order valence-corrected chi connectivity index (χ1v) is 30.1. The highest BCUT2D eigenvalue weighted by Gasteiger charge is 2.75. The van der Waals surface area contributed by atoms with Crippen molar-refractivity contribution in [1.29, 1.82) is 0 Å². The first-order valence-electron chi connectivity index (χ1n) is 30.1. The molecule has 0 amide bonds. The number of phenolic OH excluding ortho intramolecular Hbond substituents is 1. The number of Topliss-reactive ketones (excluding diaryl/α,β-unsaturated/α-hetero) is 2. The van der Waals surface area contributed by atoms with Gasteiger partial charge in [-0.15, -0.1) is 0 Å². The van der Waals surface area contributed by atoms with E-state index in [1.807, 2.05) is 25.4 Å². The number of guanidine groups is 1.